The summed E-state index contributed by atoms with van der Waals surface area (Å²) in [6, 6.07) is 0. The summed E-state index contributed by atoms with van der Waals surface area (Å²) < 4.78 is 0. The largest absolute Gasteiger partial charge is 0.210 e. The van der Waals surface area contributed by atoms with Crippen LogP contribution in [0.15, 0.2) is 0 Å². The summed E-state index contributed by atoms with van der Waals surface area (Å²) in [4.78, 5) is 0. The van der Waals surface area contributed by atoms with Crippen LogP contribution >= 0.6 is 0 Å². The van der Waals surface area contributed by atoms with Gasteiger partial charge < -0.3 is 0 Å². The fourth-order valence-corrected chi connectivity index (χ4v) is 1.97. The average molecular weight is 136 g/mol. The first-order valence-corrected chi connectivity index (χ1v) is 6.00. The van der Waals surface area contributed by atoms with Crippen molar-refractivity contribution >= 4 is 8.07 Å². The molecule has 0 aromatic carbocycles. The third-order valence-electron chi connectivity index (χ3n) is 0.875. The smallest absolute Gasteiger partial charge is 0.116 e. The van der Waals surface area contributed by atoms with Crippen LogP contribution in [-0.4, -0.2) is 8.07 Å². The zero-order chi connectivity index (χ0) is 7.33. The van der Waals surface area contributed by atoms with Crippen molar-refractivity contribution in [3.05, 3.63) is 0 Å². The van der Waals surface area contributed by atoms with Gasteiger partial charge >= 0.3 is 0 Å². The maximum Gasteiger partial charge on any atom is 0.210 e. The predicted molar refractivity (Wildman–Crippen MR) is 44.4 cm³/mol. The molecule has 0 aromatic heterocycles. The molecule has 0 amide bonds. The molecule has 0 radical (unpaired) electrons. The molecular formula is C8H12Si. The van der Waals surface area contributed by atoms with Crippen LogP contribution in [0.5, 0.6) is 0 Å². The van der Waals surface area contributed by atoms with Crippen LogP contribution < -0.4 is 0 Å². The lowest BCUT2D eigenvalue weighted by atomic mass is 10.8. The highest BCUT2D eigenvalue weighted by Crippen LogP contribution is 1.95. The topological polar surface area (TPSA) is 0 Å². The molecule has 0 nitrogen and oxygen atoms in total. The van der Waals surface area contributed by atoms with E-state index >= 15 is 0 Å². The van der Waals surface area contributed by atoms with Crippen molar-refractivity contribution < 1.29 is 0 Å². The highest BCUT2D eigenvalue weighted by molar-refractivity contribution is 6.92. The lowest BCUT2D eigenvalue weighted by molar-refractivity contribution is 1.86. The monoisotopic (exact) mass is 136 g/mol. The SMILES string of the molecule is CC#C[Si](C)(C)C#CC. The van der Waals surface area contributed by atoms with Crippen LogP contribution in [0.1, 0.15) is 13.8 Å². The summed E-state index contributed by atoms with van der Waals surface area (Å²) in [6.07, 6.45) is 0. The van der Waals surface area contributed by atoms with Crippen LogP contribution in [0.3, 0.4) is 0 Å². The second-order valence-electron chi connectivity index (χ2n) is 2.38. The van der Waals surface area contributed by atoms with Gasteiger partial charge in [0.1, 0.15) is 0 Å². The van der Waals surface area contributed by atoms with E-state index in [0.29, 0.717) is 0 Å². The van der Waals surface area contributed by atoms with Gasteiger partial charge in [-0.3, -0.25) is 0 Å². The molecule has 0 unspecified atom stereocenters. The first kappa shape index (κ1) is 8.34. The van der Waals surface area contributed by atoms with E-state index in [0.717, 1.165) is 0 Å². The minimum atomic E-state index is -1.43. The molecule has 0 aliphatic heterocycles. The van der Waals surface area contributed by atoms with Gasteiger partial charge in [0.25, 0.3) is 0 Å². The van der Waals surface area contributed by atoms with Gasteiger partial charge in [0, 0.05) is 0 Å². The van der Waals surface area contributed by atoms with Crippen molar-refractivity contribution in [2.24, 2.45) is 0 Å². The summed E-state index contributed by atoms with van der Waals surface area (Å²) in [5.41, 5.74) is 6.28. The van der Waals surface area contributed by atoms with Crippen LogP contribution in [-0.2, 0) is 0 Å². The Kier molecular flexibility index (Phi) is 3.13. The summed E-state index contributed by atoms with van der Waals surface area (Å²) in [6.45, 7) is 8.04. The number of rotatable bonds is 0. The zero-order valence-corrected chi connectivity index (χ0v) is 7.50. The highest BCUT2D eigenvalue weighted by Gasteiger charge is 2.12. The standard InChI is InChI=1S/C8H12Si/c1-5-7-9(3,4)8-6-2/h1-4H3. The maximum absolute atomic E-state index is 3.14. The summed E-state index contributed by atoms with van der Waals surface area (Å²) >= 11 is 0. The summed E-state index contributed by atoms with van der Waals surface area (Å²) in [7, 11) is -1.43. The van der Waals surface area contributed by atoms with Crippen molar-refractivity contribution in [1.82, 2.24) is 0 Å². The van der Waals surface area contributed by atoms with E-state index in [4.69, 9.17) is 0 Å². The fraction of sp³-hybridized carbons (Fsp3) is 0.500. The van der Waals surface area contributed by atoms with Gasteiger partial charge in [-0.05, 0) is 26.9 Å². The van der Waals surface area contributed by atoms with E-state index < -0.39 is 8.07 Å². The van der Waals surface area contributed by atoms with Gasteiger partial charge in [-0.2, -0.15) is 0 Å². The molecule has 0 aliphatic carbocycles. The molecule has 0 heterocycles. The normalized spacial score (nSPS) is 8.44. The van der Waals surface area contributed by atoms with Crippen LogP contribution in [0.25, 0.3) is 0 Å². The molecule has 0 saturated heterocycles. The second-order valence-corrected chi connectivity index (χ2v) is 6.12. The third-order valence-corrected chi connectivity index (χ3v) is 2.62. The summed E-state index contributed by atoms with van der Waals surface area (Å²) in [5, 5.41) is 0. The molecule has 0 fully saturated rings. The van der Waals surface area contributed by atoms with E-state index in [2.05, 4.69) is 36.0 Å². The molecule has 1 heteroatoms. The van der Waals surface area contributed by atoms with Gasteiger partial charge in [-0.25, -0.2) is 0 Å². The molecular weight excluding hydrogens is 124 g/mol. The quantitative estimate of drug-likeness (QED) is 0.352. The second kappa shape index (κ2) is 3.38. The third kappa shape index (κ3) is 3.88. The van der Waals surface area contributed by atoms with Crippen molar-refractivity contribution in [2.45, 2.75) is 26.9 Å². The van der Waals surface area contributed by atoms with Crippen molar-refractivity contribution in [1.29, 1.82) is 0 Å². The van der Waals surface area contributed by atoms with Gasteiger partial charge in [0.2, 0.25) is 8.07 Å². The van der Waals surface area contributed by atoms with Crippen molar-refractivity contribution in [3.8, 4) is 22.9 Å². The van der Waals surface area contributed by atoms with Crippen molar-refractivity contribution in [2.75, 3.05) is 0 Å². The first-order valence-electron chi connectivity index (χ1n) is 3.00. The molecule has 0 aliphatic rings. The van der Waals surface area contributed by atoms with E-state index in [1.165, 1.54) is 0 Å². The van der Waals surface area contributed by atoms with E-state index in [-0.39, 0.29) is 0 Å². The molecule has 0 bridgehead atoms. The lowest BCUT2D eigenvalue weighted by Gasteiger charge is -2.01. The number of hydrogen-bond acceptors (Lipinski definition) is 0. The van der Waals surface area contributed by atoms with E-state index in [1.807, 2.05) is 13.8 Å². The highest BCUT2D eigenvalue weighted by atomic mass is 28.3. The van der Waals surface area contributed by atoms with Gasteiger partial charge in [0.15, 0.2) is 0 Å². The fourth-order valence-electron chi connectivity index (χ4n) is 0.656. The minimum Gasteiger partial charge on any atom is -0.116 e. The van der Waals surface area contributed by atoms with Gasteiger partial charge in [0.05, 0.1) is 0 Å². The Hall–Kier alpha value is -0.663. The van der Waals surface area contributed by atoms with Crippen LogP contribution in [0.2, 0.25) is 13.1 Å². The van der Waals surface area contributed by atoms with Gasteiger partial charge in [-0.1, -0.05) is 0 Å². The number of hydrogen-bond donors (Lipinski definition) is 0. The molecule has 9 heavy (non-hydrogen) atoms. The molecule has 48 valence electrons. The molecule has 0 N–H and O–H groups in total. The Balaban J connectivity index is 4.26. The Morgan fingerprint density at radius 2 is 1.22 bits per heavy atom. The predicted octanol–water partition coefficient (Wildman–Crippen LogP) is 1.82. The van der Waals surface area contributed by atoms with Gasteiger partial charge in [-0.15, -0.1) is 22.9 Å². The van der Waals surface area contributed by atoms with Crippen molar-refractivity contribution in [3.63, 3.8) is 0 Å². The molecule has 0 rings (SSSR count). The van der Waals surface area contributed by atoms with E-state index in [9.17, 15) is 0 Å². The van der Waals surface area contributed by atoms with E-state index in [1.54, 1.807) is 0 Å². The molecule has 0 saturated carbocycles. The lowest BCUT2D eigenvalue weighted by Crippen LogP contribution is -2.20. The average Bonchev–Trinajstić information content (AvgIpc) is 1.64. The Labute approximate surface area is 58.7 Å². The maximum atomic E-state index is 3.14. The molecule has 0 spiro atoms. The zero-order valence-electron chi connectivity index (χ0n) is 6.50. The summed E-state index contributed by atoms with van der Waals surface area (Å²) in [5.74, 6) is 5.80. The minimum absolute atomic E-state index is 1.43. The molecule has 0 atom stereocenters. The van der Waals surface area contributed by atoms with Crippen LogP contribution in [0.4, 0.5) is 0 Å². The Bertz CT molecular complexity index is 170. The Morgan fingerprint density at radius 3 is 1.44 bits per heavy atom. The molecule has 0 aromatic rings. The van der Waals surface area contributed by atoms with Crippen LogP contribution in [0, 0.1) is 22.9 Å². The first-order chi connectivity index (χ1) is 4.12. The Morgan fingerprint density at radius 1 is 0.889 bits per heavy atom.